The highest BCUT2D eigenvalue weighted by Crippen LogP contribution is 2.34. The molecule has 5 rings (SSSR count). The molecular formula is C20H21ClN6O2S. The van der Waals surface area contributed by atoms with Gasteiger partial charge >= 0.3 is 6.03 Å². The molecule has 1 aromatic carbocycles. The summed E-state index contributed by atoms with van der Waals surface area (Å²) in [7, 11) is 1.54. The van der Waals surface area contributed by atoms with Gasteiger partial charge in [-0.2, -0.15) is 4.98 Å². The van der Waals surface area contributed by atoms with Gasteiger partial charge < -0.3 is 14.5 Å². The highest BCUT2D eigenvalue weighted by atomic mass is 35.5. The lowest BCUT2D eigenvalue weighted by Crippen LogP contribution is -2.47. The number of piperidine rings is 1. The van der Waals surface area contributed by atoms with Crippen molar-refractivity contribution < 1.29 is 9.53 Å². The number of carbonyl (C=O) groups is 1. The number of anilines is 2. The van der Waals surface area contributed by atoms with Crippen molar-refractivity contribution in [3.05, 3.63) is 35.1 Å². The van der Waals surface area contributed by atoms with Gasteiger partial charge in [-0.25, -0.2) is 14.8 Å². The Kier molecular flexibility index (Phi) is 5.08. The summed E-state index contributed by atoms with van der Waals surface area (Å²) < 4.78 is 5.21. The fourth-order valence-corrected chi connectivity index (χ4v) is 5.25. The van der Waals surface area contributed by atoms with E-state index in [1.165, 1.54) is 36.0 Å². The summed E-state index contributed by atoms with van der Waals surface area (Å²) in [5, 5.41) is 4.19. The molecule has 8 nitrogen and oxygen atoms in total. The maximum Gasteiger partial charge on any atom is 0.323 e. The summed E-state index contributed by atoms with van der Waals surface area (Å²) in [5.74, 6) is 0.407. The number of amides is 2. The van der Waals surface area contributed by atoms with Gasteiger partial charge in [0, 0.05) is 36.4 Å². The predicted molar refractivity (Wildman–Crippen MR) is 118 cm³/mol. The van der Waals surface area contributed by atoms with Crippen LogP contribution < -0.4 is 15.0 Å². The molecule has 3 aromatic rings. The Morgan fingerprint density at radius 3 is 2.90 bits per heavy atom. The summed E-state index contributed by atoms with van der Waals surface area (Å²) in [6.45, 7) is 2.44. The van der Waals surface area contributed by atoms with Gasteiger partial charge in [-0.3, -0.25) is 5.32 Å². The number of likely N-dealkylation sites (tertiary alicyclic amines) is 1. The number of carbonyl (C=O) groups excluding carboxylic acids is 1. The highest BCUT2D eigenvalue weighted by Gasteiger charge is 2.31. The molecule has 0 atom stereocenters. The van der Waals surface area contributed by atoms with E-state index in [1.54, 1.807) is 0 Å². The Hall–Kier alpha value is -2.65. The van der Waals surface area contributed by atoms with Gasteiger partial charge in [0.2, 0.25) is 5.88 Å². The van der Waals surface area contributed by atoms with Gasteiger partial charge in [-0.15, -0.1) is 0 Å². The third-order valence-corrected chi connectivity index (χ3v) is 6.85. The molecule has 4 heterocycles. The SMILES string of the molecule is COc1ncnc2sc(NC(=O)N3CCC(N4CCc5cc(Cl)ccc54)CC3)nc12. The van der Waals surface area contributed by atoms with E-state index in [0.29, 0.717) is 40.5 Å². The fraction of sp³-hybridized carbons (Fsp3) is 0.400. The number of urea groups is 1. The average molecular weight is 445 g/mol. The predicted octanol–water partition coefficient (Wildman–Crippen LogP) is 3.81. The maximum absolute atomic E-state index is 12.7. The molecule has 0 bridgehead atoms. The zero-order chi connectivity index (χ0) is 20.7. The number of hydrogen-bond donors (Lipinski definition) is 1. The van der Waals surface area contributed by atoms with Crippen molar-refractivity contribution in [1.82, 2.24) is 19.9 Å². The van der Waals surface area contributed by atoms with E-state index in [1.807, 2.05) is 11.0 Å². The van der Waals surface area contributed by atoms with Crippen LogP contribution in [0.2, 0.25) is 5.02 Å². The van der Waals surface area contributed by atoms with Crippen molar-refractivity contribution in [2.75, 3.05) is 37.0 Å². The van der Waals surface area contributed by atoms with Crippen LogP contribution in [0.25, 0.3) is 10.3 Å². The largest absolute Gasteiger partial charge is 0.479 e. The second-order valence-electron chi connectivity index (χ2n) is 7.42. The second-order valence-corrected chi connectivity index (χ2v) is 8.83. The monoisotopic (exact) mass is 444 g/mol. The molecule has 0 saturated carbocycles. The lowest BCUT2D eigenvalue weighted by molar-refractivity contribution is 0.193. The van der Waals surface area contributed by atoms with Crippen molar-refractivity contribution in [2.45, 2.75) is 25.3 Å². The van der Waals surface area contributed by atoms with E-state index < -0.39 is 0 Å². The normalized spacial score (nSPS) is 16.7. The minimum Gasteiger partial charge on any atom is -0.479 e. The minimum absolute atomic E-state index is 0.131. The molecule has 0 spiro atoms. The molecular weight excluding hydrogens is 424 g/mol. The summed E-state index contributed by atoms with van der Waals surface area (Å²) in [4.78, 5) is 30.4. The molecule has 30 heavy (non-hydrogen) atoms. The number of ether oxygens (including phenoxy) is 1. The Bertz CT molecular complexity index is 1100. The number of fused-ring (bicyclic) bond motifs is 2. The first-order valence-corrected chi connectivity index (χ1v) is 11.1. The number of aromatic nitrogens is 3. The Morgan fingerprint density at radius 1 is 1.27 bits per heavy atom. The van der Waals surface area contributed by atoms with Gasteiger partial charge in [0.15, 0.2) is 15.5 Å². The molecule has 2 aromatic heterocycles. The van der Waals surface area contributed by atoms with Crippen LogP contribution in [-0.4, -0.2) is 58.7 Å². The summed E-state index contributed by atoms with van der Waals surface area (Å²) in [5.41, 5.74) is 3.16. The number of hydrogen-bond acceptors (Lipinski definition) is 7. The molecule has 0 aliphatic carbocycles. The quantitative estimate of drug-likeness (QED) is 0.661. The van der Waals surface area contributed by atoms with Crippen LogP contribution in [0.5, 0.6) is 5.88 Å². The van der Waals surface area contributed by atoms with Crippen LogP contribution in [0.1, 0.15) is 18.4 Å². The molecule has 0 unspecified atom stereocenters. The molecule has 2 aliphatic heterocycles. The van der Waals surface area contributed by atoms with E-state index in [-0.39, 0.29) is 6.03 Å². The molecule has 2 aliphatic rings. The van der Waals surface area contributed by atoms with E-state index in [9.17, 15) is 4.79 Å². The summed E-state index contributed by atoms with van der Waals surface area (Å²) in [6, 6.07) is 6.45. The second kappa shape index (κ2) is 7.88. The van der Waals surface area contributed by atoms with Crippen LogP contribution in [0.15, 0.2) is 24.5 Å². The molecule has 10 heteroatoms. The van der Waals surface area contributed by atoms with Gasteiger partial charge in [0.05, 0.1) is 7.11 Å². The first-order valence-electron chi connectivity index (χ1n) is 9.89. The van der Waals surface area contributed by atoms with Crippen molar-refractivity contribution >= 4 is 50.1 Å². The van der Waals surface area contributed by atoms with Crippen molar-refractivity contribution in [3.8, 4) is 5.88 Å². The number of halogens is 1. The third-order valence-electron chi connectivity index (χ3n) is 5.73. The van der Waals surface area contributed by atoms with Crippen LogP contribution in [0, 0.1) is 0 Å². The molecule has 1 saturated heterocycles. The zero-order valence-corrected chi connectivity index (χ0v) is 18.0. The number of nitrogens with zero attached hydrogens (tertiary/aromatic N) is 5. The topological polar surface area (TPSA) is 83.5 Å². The van der Waals surface area contributed by atoms with Crippen LogP contribution in [0.4, 0.5) is 15.6 Å². The third kappa shape index (κ3) is 3.52. The summed E-state index contributed by atoms with van der Waals surface area (Å²) in [6.07, 6.45) is 4.34. The zero-order valence-electron chi connectivity index (χ0n) is 16.5. The molecule has 1 fully saturated rings. The molecule has 156 valence electrons. The van der Waals surface area contributed by atoms with Gasteiger partial charge in [0.1, 0.15) is 6.33 Å². The molecule has 0 radical (unpaired) electrons. The van der Waals surface area contributed by atoms with Gasteiger partial charge in [-0.05, 0) is 43.0 Å². The number of nitrogens with one attached hydrogen (secondary N) is 1. The minimum atomic E-state index is -0.131. The standard InChI is InChI=1S/C20H21ClN6O2S/c1-29-17-16-18(23-11-22-17)30-19(24-16)25-20(28)26-7-5-14(6-8-26)27-9-4-12-10-13(21)2-3-15(12)27/h2-3,10-11,14H,4-9H2,1H3,(H,24,25,28). The smallest absolute Gasteiger partial charge is 0.323 e. The number of rotatable bonds is 3. The Labute approximate surface area is 182 Å². The maximum atomic E-state index is 12.7. The van der Waals surface area contributed by atoms with E-state index >= 15 is 0 Å². The Balaban J connectivity index is 1.22. The Morgan fingerprint density at radius 2 is 2.10 bits per heavy atom. The first kappa shape index (κ1) is 19.3. The van der Waals surface area contributed by atoms with Crippen molar-refractivity contribution in [2.24, 2.45) is 0 Å². The van der Waals surface area contributed by atoms with Crippen molar-refractivity contribution in [1.29, 1.82) is 0 Å². The molecule has 1 N–H and O–H groups in total. The summed E-state index contributed by atoms with van der Waals surface area (Å²) >= 11 is 7.45. The lowest BCUT2D eigenvalue weighted by Gasteiger charge is -2.38. The average Bonchev–Trinajstić information content (AvgIpc) is 3.36. The van der Waals surface area contributed by atoms with Crippen LogP contribution >= 0.6 is 22.9 Å². The first-order chi connectivity index (χ1) is 14.6. The number of benzene rings is 1. The lowest BCUT2D eigenvalue weighted by atomic mass is 10.0. The van der Waals surface area contributed by atoms with E-state index in [2.05, 4.69) is 37.3 Å². The highest BCUT2D eigenvalue weighted by molar-refractivity contribution is 7.22. The molecule has 2 amide bonds. The van der Waals surface area contributed by atoms with E-state index in [0.717, 1.165) is 30.8 Å². The van der Waals surface area contributed by atoms with Gasteiger partial charge in [0.25, 0.3) is 0 Å². The van der Waals surface area contributed by atoms with Crippen molar-refractivity contribution in [3.63, 3.8) is 0 Å². The van der Waals surface area contributed by atoms with Gasteiger partial charge in [-0.1, -0.05) is 22.9 Å². The number of thiazole rings is 1. The van der Waals surface area contributed by atoms with Crippen LogP contribution in [0.3, 0.4) is 0 Å². The fourth-order valence-electron chi connectivity index (χ4n) is 4.26. The van der Waals surface area contributed by atoms with E-state index in [4.69, 9.17) is 16.3 Å². The number of methoxy groups -OCH3 is 1. The van der Waals surface area contributed by atoms with Crippen LogP contribution in [-0.2, 0) is 6.42 Å².